The van der Waals surface area contributed by atoms with Gasteiger partial charge in [-0.15, -0.1) is 0 Å². The van der Waals surface area contributed by atoms with Gasteiger partial charge in [0.2, 0.25) is 10.0 Å². The van der Waals surface area contributed by atoms with Crippen LogP contribution in [0.3, 0.4) is 0 Å². The Morgan fingerprint density at radius 1 is 1.24 bits per heavy atom. The maximum atomic E-state index is 12.7. The average Bonchev–Trinajstić information content (AvgIpc) is 2.60. The first-order chi connectivity index (χ1) is 12.0. The Balaban J connectivity index is 1.93. The zero-order chi connectivity index (χ0) is 18.0. The molecule has 0 aliphatic carbocycles. The topological polar surface area (TPSA) is 75.4 Å². The zero-order valence-electron chi connectivity index (χ0n) is 14.3. The molecule has 3 N–H and O–H groups in total. The van der Waals surface area contributed by atoms with Gasteiger partial charge in [0.05, 0.1) is 4.90 Å². The van der Waals surface area contributed by atoms with Crippen LogP contribution in [0.15, 0.2) is 53.9 Å². The summed E-state index contributed by atoms with van der Waals surface area (Å²) in [7, 11) is -1.61. The van der Waals surface area contributed by atoms with Crippen molar-refractivity contribution in [1.29, 1.82) is 0 Å². The molecule has 1 saturated heterocycles. The number of nitrogens with two attached hydrogens (primary N) is 1. The maximum absolute atomic E-state index is 12.7. The van der Waals surface area contributed by atoms with Crippen molar-refractivity contribution in [3.63, 3.8) is 0 Å². The van der Waals surface area contributed by atoms with Crippen LogP contribution in [-0.4, -0.2) is 39.4 Å². The molecule has 0 unspecified atom stereocenters. The Labute approximate surface area is 149 Å². The Morgan fingerprint density at radius 2 is 1.96 bits per heavy atom. The van der Waals surface area contributed by atoms with Crippen LogP contribution in [0.2, 0.25) is 0 Å². The standard InChI is InChI=1S/C19H23N3O2S/c1-3-15-7-8-17(10-19(15)21-2)16-5-4-6-18(9-16)25(23,24)22-12-14(11-20)13-22/h3-10,14,21H,1,11-13,20H2,2H3. The third kappa shape index (κ3) is 3.33. The van der Waals surface area contributed by atoms with Crippen molar-refractivity contribution < 1.29 is 8.42 Å². The monoisotopic (exact) mass is 357 g/mol. The fourth-order valence-corrected chi connectivity index (χ4v) is 4.62. The molecule has 0 atom stereocenters. The van der Waals surface area contributed by atoms with E-state index in [-0.39, 0.29) is 5.92 Å². The normalized spacial score (nSPS) is 15.6. The van der Waals surface area contributed by atoms with Gasteiger partial charge in [0, 0.05) is 25.8 Å². The molecule has 0 radical (unpaired) electrons. The van der Waals surface area contributed by atoms with E-state index in [2.05, 4.69) is 11.9 Å². The molecule has 0 spiro atoms. The van der Waals surface area contributed by atoms with E-state index < -0.39 is 10.0 Å². The molecule has 3 rings (SSSR count). The molecule has 1 aliphatic heterocycles. The van der Waals surface area contributed by atoms with E-state index in [1.54, 1.807) is 24.3 Å². The molecule has 0 saturated carbocycles. The Kier molecular flexibility index (Phi) is 4.94. The SMILES string of the molecule is C=Cc1ccc(-c2cccc(S(=O)(=O)N3CC(CN)C3)c2)cc1NC. The van der Waals surface area contributed by atoms with E-state index in [0.29, 0.717) is 24.5 Å². The van der Waals surface area contributed by atoms with Crippen LogP contribution in [0.4, 0.5) is 5.69 Å². The fourth-order valence-electron chi connectivity index (χ4n) is 2.98. The summed E-state index contributed by atoms with van der Waals surface area (Å²) in [5, 5.41) is 3.14. The van der Waals surface area contributed by atoms with Crippen molar-refractivity contribution in [1.82, 2.24) is 4.31 Å². The van der Waals surface area contributed by atoms with E-state index in [4.69, 9.17) is 5.73 Å². The molecule has 1 fully saturated rings. The molecule has 25 heavy (non-hydrogen) atoms. The van der Waals surface area contributed by atoms with Crippen LogP contribution in [0.5, 0.6) is 0 Å². The van der Waals surface area contributed by atoms with Gasteiger partial charge in [-0.05, 0) is 47.4 Å². The van der Waals surface area contributed by atoms with Gasteiger partial charge in [-0.25, -0.2) is 8.42 Å². The minimum absolute atomic E-state index is 0.266. The second-order valence-corrected chi connectivity index (χ2v) is 8.15. The first-order valence-electron chi connectivity index (χ1n) is 8.24. The number of nitrogens with zero attached hydrogens (tertiary/aromatic N) is 1. The molecule has 6 heteroatoms. The van der Waals surface area contributed by atoms with E-state index in [0.717, 1.165) is 22.4 Å². The molecule has 5 nitrogen and oxygen atoms in total. The summed E-state index contributed by atoms with van der Waals surface area (Å²) < 4.78 is 27.0. The zero-order valence-corrected chi connectivity index (χ0v) is 15.1. The fraction of sp³-hybridized carbons (Fsp3) is 0.263. The van der Waals surface area contributed by atoms with Crippen LogP contribution in [0, 0.1) is 5.92 Å². The van der Waals surface area contributed by atoms with Crippen molar-refractivity contribution in [2.75, 3.05) is 32.0 Å². The van der Waals surface area contributed by atoms with Gasteiger partial charge in [-0.3, -0.25) is 0 Å². The van der Waals surface area contributed by atoms with Gasteiger partial charge in [0.1, 0.15) is 0 Å². The number of nitrogens with one attached hydrogen (secondary N) is 1. The smallest absolute Gasteiger partial charge is 0.243 e. The number of anilines is 1. The predicted molar refractivity (Wildman–Crippen MR) is 103 cm³/mol. The van der Waals surface area contributed by atoms with Crippen LogP contribution in [0.25, 0.3) is 17.2 Å². The lowest BCUT2D eigenvalue weighted by molar-refractivity contribution is 0.207. The van der Waals surface area contributed by atoms with Crippen LogP contribution < -0.4 is 11.1 Å². The summed E-state index contributed by atoms with van der Waals surface area (Å²) in [6.45, 7) is 5.33. The van der Waals surface area contributed by atoms with Gasteiger partial charge < -0.3 is 11.1 Å². The maximum Gasteiger partial charge on any atom is 0.243 e. The number of hydrogen-bond donors (Lipinski definition) is 2. The summed E-state index contributed by atoms with van der Waals surface area (Å²) in [4.78, 5) is 0.319. The Morgan fingerprint density at radius 3 is 2.60 bits per heavy atom. The molecule has 2 aromatic rings. The molecule has 0 amide bonds. The highest BCUT2D eigenvalue weighted by Crippen LogP contribution is 2.30. The minimum atomic E-state index is -3.46. The lowest BCUT2D eigenvalue weighted by Crippen LogP contribution is -2.52. The summed E-state index contributed by atoms with van der Waals surface area (Å²) in [6.07, 6.45) is 1.79. The molecule has 1 heterocycles. The predicted octanol–water partition coefficient (Wildman–Crippen LogP) is 2.62. The third-order valence-electron chi connectivity index (χ3n) is 4.60. The first kappa shape index (κ1) is 17.7. The van der Waals surface area contributed by atoms with Crippen molar-refractivity contribution in [2.24, 2.45) is 11.7 Å². The molecule has 0 aromatic heterocycles. The molecule has 132 valence electrons. The summed E-state index contributed by atoms with van der Waals surface area (Å²) in [5.74, 6) is 0.266. The van der Waals surface area contributed by atoms with Gasteiger partial charge >= 0.3 is 0 Å². The summed E-state index contributed by atoms with van der Waals surface area (Å²) in [5.41, 5.74) is 9.37. The Bertz CT molecular complexity index is 887. The van der Waals surface area contributed by atoms with Gasteiger partial charge in [-0.1, -0.05) is 36.9 Å². The van der Waals surface area contributed by atoms with Crippen LogP contribution in [0.1, 0.15) is 5.56 Å². The summed E-state index contributed by atoms with van der Waals surface area (Å²) >= 11 is 0. The second-order valence-electron chi connectivity index (χ2n) is 6.21. The van der Waals surface area contributed by atoms with Crippen molar-refractivity contribution in [2.45, 2.75) is 4.90 Å². The summed E-state index contributed by atoms with van der Waals surface area (Å²) in [6, 6.07) is 13.0. The van der Waals surface area contributed by atoms with Crippen LogP contribution >= 0.6 is 0 Å². The highest BCUT2D eigenvalue weighted by atomic mass is 32.2. The average molecular weight is 357 g/mol. The molecular weight excluding hydrogens is 334 g/mol. The van der Waals surface area contributed by atoms with Gasteiger partial charge in [0.25, 0.3) is 0 Å². The van der Waals surface area contributed by atoms with E-state index >= 15 is 0 Å². The number of sulfonamides is 1. The lowest BCUT2D eigenvalue weighted by Gasteiger charge is -2.37. The largest absolute Gasteiger partial charge is 0.388 e. The molecule has 2 aromatic carbocycles. The minimum Gasteiger partial charge on any atom is -0.388 e. The highest BCUT2D eigenvalue weighted by molar-refractivity contribution is 7.89. The Hall–Kier alpha value is -2.15. The van der Waals surface area contributed by atoms with E-state index in [9.17, 15) is 8.42 Å². The third-order valence-corrected chi connectivity index (χ3v) is 6.43. The molecule has 1 aliphatic rings. The van der Waals surface area contributed by atoms with Gasteiger partial charge in [-0.2, -0.15) is 4.31 Å². The number of hydrogen-bond acceptors (Lipinski definition) is 4. The van der Waals surface area contributed by atoms with Gasteiger partial charge in [0.15, 0.2) is 0 Å². The molecule has 0 bridgehead atoms. The first-order valence-corrected chi connectivity index (χ1v) is 9.68. The van der Waals surface area contributed by atoms with Crippen molar-refractivity contribution >= 4 is 21.8 Å². The van der Waals surface area contributed by atoms with Crippen molar-refractivity contribution in [3.8, 4) is 11.1 Å². The number of rotatable bonds is 6. The van der Waals surface area contributed by atoms with Crippen molar-refractivity contribution in [3.05, 3.63) is 54.6 Å². The second kappa shape index (κ2) is 7.00. The molecular formula is C19H23N3O2S. The highest BCUT2D eigenvalue weighted by Gasteiger charge is 2.35. The van der Waals surface area contributed by atoms with E-state index in [1.165, 1.54) is 4.31 Å². The van der Waals surface area contributed by atoms with Crippen LogP contribution in [-0.2, 0) is 10.0 Å². The van der Waals surface area contributed by atoms with E-state index in [1.807, 2.05) is 31.3 Å². The lowest BCUT2D eigenvalue weighted by atomic mass is 10.0. The number of benzene rings is 2. The quantitative estimate of drug-likeness (QED) is 0.833.